The van der Waals surface area contributed by atoms with Gasteiger partial charge in [0.25, 0.3) is 11.6 Å². The summed E-state index contributed by atoms with van der Waals surface area (Å²) in [6.07, 6.45) is 2.53. The van der Waals surface area contributed by atoms with Crippen molar-refractivity contribution in [2.75, 3.05) is 5.32 Å². The van der Waals surface area contributed by atoms with Gasteiger partial charge < -0.3 is 10.4 Å². The van der Waals surface area contributed by atoms with E-state index in [0.717, 1.165) is 0 Å². The van der Waals surface area contributed by atoms with E-state index in [2.05, 4.69) is 10.3 Å². The van der Waals surface area contributed by atoms with E-state index in [1.54, 1.807) is 6.92 Å². The van der Waals surface area contributed by atoms with Crippen molar-refractivity contribution in [1.29, 1.82) is 0 Å². The molecule has 1 aromatic carbocycles. The van der Waals surface area contributed by atoms with E-state index in [1.165, 1.54) is 36.7 Å². The van der Waals surface area contributed by atoms with Gasteiger partial charge in [0.2, 0.25) is 0 Å². The van der Waals surface area contributed by atoms with Crippen molar-refractivity contribution in [3.05, 3.63) is 57.9 Å². The summed E-state index contributed by atoms with van der Waals surface area (Å²) < 4.78 is 0. The van der Waals surface area contributed by atoms with Crippen LogP contribution in [0.15, 0.2) is 36.7 Å². The highest BCUT2D eigenvalue weighted by molar-refractivity contribution is 6.04. The summed E-state index contributed by atoms with van der Waals surface area (Å²) in [7, 11) is 0. The highest BCUT2D eigenvalue weighted by Crippen LogP contribution is 2.22. The number of non-ortho nitro benzene ring substituents is 1. The first kappa shape index (κ1) is 13.5. The quantitative estimate of drug-likeness (QED) is 0.659. The number of anilines is 1. The minimum Gasteiger partial charge on any atom is -0.506 e. The van der Waals surface area contributed by atoms with Crippen molar-refractivity contribution >= 4 is 17.3 Å². The molecule has 0 unspecified atom stereocenters. The Kier molecular flexibility index (Phi) is 3.60. The Bertz CT molecular complexity index is 685. The summed E-state index contributed by atoms with van der Waals surface area (Å²) >= 11 is 0. The van der Waals surface area contributed by atoms with Crippen LogP contribution in [-0.2, 0) is 0 Å². The number of rotatable bonds is 3. The second-order valence-corrected chi connectivity index (χ2v) is 4.14. The lowest BCUT2D eigenvalue weighted by Crippen LogP contribution is -2.13. The first-order valence-corrected chi connectivity index (χ1v) is 5.68. The zero-order valence-electron chi connectivity index (χ0n) is 10.5. The molecule has 0 radical (unpaired) electrons. The van der Waals surface area contributed by atoms with Gasteiger partial charge in [0, 0.05) is 24.0 Å². The number of aromatic hydroxyl groups is 1. The molecule has 102 valence electrons. The van der Waals surface area contributed by atoms with Crippen LogP contribution in [0, 0.1) is 17.0 Å². The molecule has 0 fully saturated rings. The second-order valence-electron chi connectivity index (χ2n) is 4.14. The SMILES string of the molecule is Cc1cc([N+](=O)[O-])ccc1NC(=O)c1cncc(O)c1. The summed E-state index contributed by atoms with van der Waals surface area (Å²) in [6, 6.07) is 5.42. The van der Waals surface area contributed by atoms with Crippen molar-refractivity contribution in [1.82, 2.24) is 4.98 Å². The van der Waals surface area contributed by atoms with Crippen LogP contribution in [0.2, 0.25) is 0 Å². The maximum Gasteiger partial charge on any atom is 0.269 e. The molecule has 0 aliphatic rings. The highest BCUT2D eigenvalue weighted by Gasteiger charge is 2.12. The number of nitro benzene ring substituents is 1. The van der Waals surface area contributed by atoms with Gasteiger partial charge in [0.05, 0.1) is 16.7 Å². The van der Waals surface area contributed by atoms with Crippen molar-refractivity contribution in [2.45, 2.75) is 6.92 Å². The zero-order chi connectivity index (χ0) is 14.7. The Morgan fingerprint density at radius 1 is 1.35 bits per heavy atom. The number of amides is 1. The van der Waals surface area contributed by atoms with Gasteiger partial charge in [0.1, 0.15) is 5.75 Å². The van der Waals surface area contributed by atoms with E-state index in [9.17, 15) is 20.0 Å². The van der Waals surface area contributed by atoms with E-state index in [4.69, 9.17) is 0 Å². The van der Waals surface area contributed by atoms with Gasteiger partial charge in [-0.1, -0.05) is 0 Å². The van der Waals surface area contributed by atoms with E-state index in [-0.39, 0.29) is 17.0 Å². The zero-order valence-corrected chi connectivity index (χ0v) is 10.5. The number of nitrogens with one attached hydrogen (secondary N) is 1. The van der Waals surface area contributed by atoms with Crippen LogP contribution < -0.4 is 5.32 Å². The molecule has 0 saturated carbocycles. The van der Waals surface area contributed by atoms with Crippen LogP contribution >= 0.6 is 0 Å². The summed E-state index contributed by atoms with van der Waals surface area (Å²) in [5, 5.41) is 22.5. The molecule has 1 aromatic heterocycles. The van der Waals surface area contributed by atoms with Gasteiger partial charge in [-0.2, -0.15) is 0 Å². The third kappa shape index (κ3) is 2.89. The van der Waals surface area contributed by atoms with Crippen LogP contribution in [-0.4, -0.2) is 20.9 Å². The molecule has 0 bridgehead atoms. The van der Waals surface area contributed by atoms with Crippen molar-refractivity contribution in [2.24, 2.45) is 0 Å². The van der Waals surface area contributed by atoms with Crippen molar-refractivity contribution in [3.8, 4) is 5.75 Å². The molecule has 0 aliphatic carbocycles. The Hall–Kier alpha value is -2.96. The molecule has 2 aromatic rings. The molecule has 1 heterocycles. The number of carbonyl (C=O) groups is 1. The number of benzene rings is 1. The topological polar surface area (TPSA) is 105 Å². The van der Waals surface area contributed by atoms with E-state index >= 15 is 0 Å². The number of aryl methyl sites for hydroxylation is 1. The van der Waals surface area contributed by atoms with Crippen LogP contribution in [0.25, 0.3) is 0 Å². The fourth-order valence-electron chi connectivity index (χ4n) is 1.65. The maximum absolute atomic E-state index is 11.9. The van der Waals surface area contributed by atoms with E-state index in [1.807, 2.05) is 0 Å². The molecule has 2 rings (SSSR count). The van der Waals surface area contributed by atoms with Crippen LogP contribution in [0.3, 0.4) is 0 Å². The van der Waals surface area contributed by atoms with Gasteiger partial charge in [-0.25, -0.2) is 0 Å². The molecular formula is C13H11N3O4. The third-order valence-corrected chi connectivity index (χ3v) is 2.66. The third-order valence-electron chi connectivity index (χ3n) is 2.66. The normalized spacial score (nSPS) is 10.1. The number of nitro groups is 1. The first-order chi connectivity index (χ1) is 9.47. The lowest BCUT2D eigenvalue weighted by atomic mass is 10.1. The molecule has 7 nitrogen and oxygen atoms in total. The first-order valence-electron chi connectivity index (χ1n) is 5.68. The average Bonchev–Trinajstić information content (AvgIpc) is 2.40. The standard InChI is InChI=1S/C13H11N3O4/c1-8-4-10(16(19)20)2-3-12(8)15-13(18)9-5-11(17)7-14-6-9/h2-7,17H,1H3,(H,15,18). The van der Waals surface area contributed by atoms with Crippen LogP contribution in [0.5, 0.6) is 5.75 Å². The smallest absolute Gasteiger partial charge is 0.269 e. The molecule has 0 saturated heterocycles. The second kappa shape index (κ2) is 5.35. The van der Waals surface area contributed by atoms with Gasteiger partial charge in [-0.05, 0) is 24.6 Å². The predicted octanol–water partition coefficient (Wildman–Crippen LogP) is 2.26. The van der Waals surface area contributed by atoms with Gasteiger partial charge in [0.15, 0.2) is 0 Å². The summed E-state index contributed by atoms with van der Waals surface area (Å²) in [5.74, 6) is -0.566. The number of hydrogen-bond donors (Lipinski definition) is 2. The van der Waals surface area contributed by atoms with Gasteiger partial charge in [-0.3, -0.25) is 19.9 Å². The number of carbonyl (C=O) groups excluding carboxylic acids is 1. The maximum atomic E-state index is 11.9. The summed E-state index contributed by atoms with van der Waals surface area (Å²) in [5.41, 5.74) is 1.19. The number of pyridine rings is 1. The summed E-state index contributed by atoms with van der Waals surface area (Å²) in [4.78, 5) is 25.8. The Labute approximate surface area is 114 Å². The van der Waals surface area contributed by atoms with E-state index < -0.39 is 10.8 Å². The van der Waals surface area contributed by atoms with Crippen molar-refractivity contribution in [3.63, 3.8) is 0 Å². The Morgan fingerprint density at radius 2 is 2.10 bits per heavy atom. The average molecular weight is 273 g/mol. The Morgan fingerprint density at radius 3 is 2.70 bits per heavy atom. The van der Waals surface area contributed by atoms with Crippen molar-refractivity contribution < 1.29 is 14.8 Å². The van der Waals surface area contributed by atoms with Crippen LogP contribution in [0.4, 0.5) is 11.4 Å². The largest absolute Gasteiger partial charge is 0.506 e. The monoisotopic (exact) mass is 273 g/mol. The predicted molar refractivity (Wildman–Crippen MR) is 71.7 cm³/mol. The molecule has 2 N–H and O–H groups in total. The number of nitrogens with zero attached hydrogens (tertiary/aromatic N) is 2. The van der Waals surface area contributed by atoms with Gasteiger partial charge >= 0.3 is 0 Å². The lowest BCUT2D eigenvalue weighted by molar-refractivity contribution is -0.384. The molecule has 1 amide bonds. The molecular weight excluding hydrogens is 262 g/mol. The summed E-state index contributed by atoms with van der Waals surface area (Å²) in [6.45, 7) is 1.66. The molecule has 0 atom stereocenters. The Balaban J connectivity index is 2.22. The molecule has 0 aliphatic heterocycles. The van der Waals surface area contributed by atoms with Gasteiger partial charge in [-0.15, -0.1) is 0 Å². The minimum absolute atomic E-state index is 0.0421. The fourth-order valence-corrected chi connectivity index (χ4v) is 1.65. The van der Waals surface area contributed by atoms with E-state index in [0.29, 0.717) is 11.3 Å². The molecule has 20 heavy (non-hydrogen) atoms. The minimum atomic E-state index is -0.502. The molecule has 7 heteroatoms. The molecule has 0 spiro atoms. The highest BCUT2D eigenvalue weighted by atomic mass is 16.6. The lowest BCUT2D eigenvalue weighted by Gasteiger charge is -2.08. The fraction of sp³-hybridized carbons (Fsp3) is 0.0769. The number of hydrogen-bond acceptors (Lipinski definition) is 5. The van der Waals surface area contributed by atoms with Crippen LogP contribution in [0.1, 0.15) is 15.9 Å². The number of aromatic nitrogens is 1.